The molecular formula is C17H34BrNO3Si. The van der Waals surface area contributed by atoms with Crippen molar-refractivity contribution in [2.24, 2.45) is 0 Å². The van der Waals surface area contributed by atoms with Crippen molar-refractivity contribution in [1.82, 2.24) is 5.32 Å². The second-order valence-electron chi connectivity index (χ2n) is 9.09. The van der Waals surface area contributed by atoms with Crippen LogP contribution in [0.1, 0.15) is 60.8 Å². The molecule has 6 heteroatoms. The summed E-state index contributed by atoms with van der Waals surface area (Å²) in [6.07, 6.45) is 2.60. The van der Waals surface area contributed by atoms with Crippen LogP contribution in [0.15, 0.2) is 0 Å². The first-order valence-electron chi connectivity index (χ1n) is 8.53. The van der Waals surface area contributed by atoms with E-state index in [1.165, 1.54) is 0 Å². The number of nitrogens with one attached hydrogen (secondary N) is 1. The molecule has 0 aromatic heterocycles. The van der Waals surface area contributed by atoms with Crippen LogP contribution in [0.5, 0.6) is 0 Å². The van der Waals surface area contributed by atoms with Crippen LogP contribution >= 0.6 is 15.9 Å². The molecule has 23 heavy (non-hydrogen) atoms. The second-order valence-corrected chi connectivity index (χ2v) is 15.0. The fraction of sp³-hybridized carbons (Fsp3) is 0.941. The number of alkyl halides is 1. The fourth-order valence-electron chi connectivity index (χ4n) is 2.37. The normalized spacial score (nSPS) is 26.7. The van der Waals surface area contributed by atoms with Crippen molar-refractivity contribution in [3.63, 3.8) is 0 Å². The van der Waals surface area contributed by atoms with Gasteiger partial charge in [-0.1, -0.05) is 36.7 Å². The van der Waals surface area contributed by atoms with E-state index in [-0.39, 0.29) is 23.3 Å². The molecule has 0 unspecified atom stereocenters. The molecule has 0 aromatic rings. The molecule has 0 heterocycles. The lowest BCUT2D eigenvalue weighted by molar-refractivity contribution is 0.0462. The quantitative estimate of drug-likeness (QED) is 0.515. The minimum absolute atomic E-state index is 0.119. The molecule has 1 aliphatic rings. The van der Waals surface area contributed by atoms with E-state index in [0.717, 1.165) is 19.3 Å². The number of alkyl carbamates (subject to hydrolysis) is 1. The van der Waals surface area contributed by atoms with Gasteiger partial charge in [0.15, 0.2) is 8.32 Å². The Morgan fingerprint density at radius 2 is 1.70 bits per heavy atom. The van der Waals surface area contributed by atoms with Gasteiger partial charge in [-0.2, -0.15) is 0 Å². The molecule has 0 saturated heterocycles. The van der Waals surface area contributed by atoms with Crippen LogP contribution in [-0.4, -0.2) is 37.0 Å². The topological polar surface area (TPSA) is 47.6 Å². The molecule has 1 rings (SSSR count). The molecule has 1 aliphatic carbocycles. The smallest absolute Gasteiger partial charge is 0.407 e. The largest absolute Gasteiger partial charge is 0.444 e. The summed E-state index contributed by atoms with van der Waals surface area (Å²) >= 11 is 3.77. The Labute approximate surface area is 151 Å². The fourth-order valence-corrected chi connectivity index (χ4v) is 4.53. The van der Waals surface area contributed by atoms with Crippen molar-refractivity contribution in [2.75, 3.05) is 0 Å². The molecule has 1 saturated carbocycles. The van der Waals surface area contributed by atoms with Gasteiger partial charge in [0.25, 0.3) is 0 Å². The minimum Gasteiger partial charge on any atom is -0.444 e. The van der Waals surface area contributed by atoms with Crippen LogP contribution in [-0.2, 0) is 9.16 Å². The predicted octanol–water partition coefficient (Wildman–Crippen LogP) is 5.22. The summed E-state index contributed by atoms with van der Waals surface area (Å²) in [7, 11) is -1.82. The van der Waals surface area contributed by atoms with Gasteiger partial charge in [0, 0.05) is 10.9 Å². The molecule has 1 fully saturated rings. The van der Waals surface area contributed by atoms with Gasteiger partial charge >= 0.3 is 6.09 Å². The van der Waals surface area contributed by atoms with Gasteiger partial charge < -0.3 is 14.5 Å². The van der Waals surface area contributed by atoms with Crippen LogP contribution in [0.4, 0.5) is 4.79 Å². The number of carbonyl (C=O) groups is 1. The minimum atomic E-state index is -1.82. The van der Waals surface area contributed by atoms with Gasteiger partial charge in [-0.25, -0.2) is 4.79 Å². The van der Waals surface area contributed by atoms with E-state index in [4.69, 9.17) is 9.16 Å². The van der Waals surface area contributed by atoms with Gasteiger partial charge in [0.1, 0.15) is 5.60 Å². The predicted molar refractivity (Wildman–Crippen MR) is 102 cm³/mol. The van der Waals surface area contributed by atoms with Crippen molar-refractivity contribution in [3.05, 3.63) is 0 Å². The number of rotatable bonds is 3. The van der Waals surface area contributed by atoms with Gasteiger partial charge in [-0.05, 0) is 58.2 Å². The zero-order valence-electron chi connectivity index (χ0n) is 16.0. The van der Waals surface area contributed by atoms with Gasteiger partial charge in [-0.3, -0.25) is 0 Å². The van der Waals surface area contributed by atoms with Crippen molar-refractivity contribution < 1.29 is 14.0 Å². The van der Waals surface area contributed by atoms with Crippen LogP contribution in [0.25, 0.3) is 0 Å². The summed E-state index contributed by atoms with van der Waals surface area (Å²) < 4.78 is 11.9. The van der Waals surface area contributed by atoms with Gasteiger partial charge in [-0.15, -0.1) is 0 Å². The zero-order valence-corrected chi connectivity index (χ0v) is 18.5. The van der Waals surface area contributed by atoms with E-state index in [2.05, 4.69) is 55.1 Å². The second kappa shape index (κ2) is 7.44. The molecule has 136 valence electrons. The Balaban J connectivity index is 2.64. The van der Waals surface area contributed by atoms with Crippen molar-refractivity contribution in [1.29, 1.82) is 0 Å². The molecule has 0 aromatic carbocycles. The average molecular weight is 408 g/mol. The number of hydrogen-bond acceptors (Lipinski definition) is 3. The van der Waals surface area contributed by atoms with Crippen molar-refractivity contribution >= 4 is 30.3 Å². The highest BCUT2D eigenvalue weighted by Crippen LogP contribution is 2.40. The molecule has 0 radical (unpaired) electrons. The Morgan fingerprint density at radius 1 is 1.13 bits per heavy atom. The molecule has 1 N–H and O–H groups in total. The van der Waals surface area contributed by atoms with Crippen LogP contribution in [0, 0.1) is 0 Å². The van der Waals surface area contributed by atoms with E-state index in [1.807, 2.05) is 20.8 Å². The molecule has 0 spiro atoms. The van der Waals surface area contributed by atoms with Crippen molar-refractivity contribution in [3.8, 4) is 0 Å². The number of carbonyl (C=O) groups excluding carboxylic acids is 1. The molecule has 0 aliphatic heterocycles. The number of ether oxygens (including phenoxy) is 1. The maximum atomic E-state index is 12.0. The highest BCUT2D eigenvalue weighted by molar-refractivity contribution is 9.09. The monoisotopic (exact) mass is 407 g/mol. The zero-order chi connectivity index (χ0) is 18.1. The molecule has 3 atom stereocenters. The lowest BCUT2D eigenvalue weighted by Gasteiger charge is -2.43. The Morgan fingerprint density at radius 3 is 2.17 bits per heavy atom. The number of amides is 1. The summed E-state index contributed by atoms with van der Waals surface area (Å²) in [5.74, 6) is 0. The van der Waals surface area contributed by atoms with Gasteiger partial charge in [0.2, 0.25) is 0 Å². The standard InChI is InChI=1S/C17H34BrNO3Si/c1-16(2,3)21-15(20)19-12-9-10-13(18)14(11-12)22-23(7,8)17(4,5)6/h12-14H,9-11H2,1-8H3,(H,19,20)/t12-,13-,14-/m1/s1. The van der Waals surface area contributed by atoms with Crippen molar-refractivity contribution in [2.45, 2.75) is 102 Å². The maximum absolute atomic E-state index is 12.0. The summed E-state index contributed by atoms with van der Waals surface area (Å²) in [5.41, 5.74) is -0.465. The molecular weight excluding hydrogens is 374 g/mol. The first-order chi connectivity index (χ1) is 10.2. The lowest BCUT2D eigenvalue weighted by Crippen LogP contribution is -2.51. The Hall–Kier alpha value is -0.0731. The molecule has 1 amide bonds. The van der Waals surface area contributed by atoms with E-state index in [0.29, 0.717) is 4.83 Å². The van der Waals surface area contributed by atoms with E-state index in [9.17, 15) is 4.79 Å². The summed E-state index contributed by atoms with van der Waals surface area (Å²) in [5, 5.41) is 3.19. The highest BCUT2D eigenvalue weighted by Gasteiger charge is 2.42. The third-order valence-electron chi connectivity index (χ3n) is 4.68. The van der Waals surface area contributed by atoms with Crippen LogP contribution in [0.2, 0.25) is 18.1 Å². The summed E-state index contributed by atoms with van der Waals surface area (Å²) in [6.45, 7) is 16.9. The van der Waals surface area contributed by atoms with E-state index < -0.39 is 13.9 Å². The van der Waals surface area contributed by atoms with E-state index >= 15 is 0 Å². The number of hydrogen-bond donors (Lipinski definition) is 1. The summed E-state index contributed by atoms with van der Waals surface area (Å²) in [4.78, 5) is 12.3. The summed E-state index contributed by atoms with van der Waals surface area (Å²) in [6, 6.07) is 0.119. The van der Waals surface area contributed by atoms with Crippen LogP contribution < -0.4 is 5.32 Å². The molecule has 4 nitrogen and oxygen atoms in total. The lowest BCUT2D eigenvalue weighted by atomic mass is 9.93. The average Bonchev–Trinajstić information content (AvgIpc) is 2.29. The highest BCUT2D eigenvalue weighted by atomic mass is 79.9. The first-order valence-corrected chi connectivity index (χ1v) is 12.3. The van der Waals surface area contributed by atoms with E-state index in [1.54, 1.807) is 0 Å². The van der Waals surface area contributed by atoms with Crippen LogP contribution in [0.3, 0.4) is 0 Å². The SMILES string of the molecule is CC(C)(C)OC(=O)N[C@@H]1CC[C@@H](Br)[C@H](O[Si](C)(C)C(C)(C)C)C1. The molecule has 0 bridgehead atoms. The third-order valence-corrected chi connectivity index (χ3v) is 10.2. The maximum Gasteiger partial charge on any atom is 0.407 e. The number of halogens is 1. The Kier molecular flexibility index (Phi) is 6.78. The van der Waals surface area contributed by atoms with Gasteiger partial charge in [0.05, 0.1) is 6.10 Å². The third kappa shape index (κ3) is 6.75. The Bertz CT molecular complexity index is 415. The first kappa shape index (κ1) is 21.0.